The van der Waals surface area contributed by atoms with Gasteiger partial charge >= 0.3 is 5.97 Å². The molecule has 0 saturated heterocycles. The summed E-state index contributed by atoms with van der Waals surface area (Å²) in [5.41, 5.74) is 0.453. The topological polar surface area (TPSA) is 26.3 Å². The molecule has 1 radical (unpaired) electrons. The lowest BCUT2D eigenvalue weighted by Gasteiger charge is -2.08. The molecule has 0 aromatic carbocycles. The number of rotatable bonds is 4. The van der Waals surface area contributed by atoms with Crippen molar-refractivity contribution >= 4 is 5.97 Å². The summed E-state index contributed by atoms with van der Waals surface area (Å²) >= 11 is 0. The SMILES string of the molecule is C=C(C)C(=O)OC[C](C)CC. The highest BCUT2D eigenvalue weighted by Gasteiger charge is 2.05. The number of esters is 1. The molecule has 0 fully saturated rings. The summed E-state index contributed by atoms with van der Waals surface area (Å²) in [5, 5.41) is 0. The summed E-state index contributed by atoms with van der Waals surface area (Å²) in [6, 6.07) is 0. The average Bonchev–Trinajstić information content (AvgIpc) is 1.99. The molecule has 2 heteroatoms. The van der Waals surface area contributed by atoms with Crippen LogP contribution in [-0.2, 0) is 9.53 Å². The van der Waals surface area contributed by atoms with Crippen molar-refractivity contribution in [2.24, 2.45) is 0 Å². The zero-order valence-electron chi connectivity index (χ0n) is 7.44. The van der Waals surface area contributed by atoms with Crippen molar-refractivity contribution in [3.05, 3.63) is 18.1 Å². The predicted molar refractivity (Wildman–Crippen MR) is 45.0 cm³/mol. The Hall–Kier alpha value is -0.790. The third kappa shape index (κ3) is 4.59. The van der Waals surface area contributed by atoms with Crippen LogP contribution in [-0.4, -0.2) is 12.6 Å². The monoisotopic (exact) mass is 155 g/mol. The minimum Gasteiger partial charge on any atom is -0.462 e. The van der Waals surface area contributed by atoms with E-state index in [1.54, 1.807) is 6.92 Å². The van der Waals surface area contributed by atoms with E-state index in [1.807, 2.05) is 13.8 Å². The van der Waals surface area contributed by atoms with Gasteiger partial charge in [0.1, 0.15) is 0 Å². The van der Waals surface area contributed by atoms with Gasteiger partial charge in [0.15, 0.2) is 0 Å². The summed E-state index contributed by atoms with van der Waals surface area (Å²) in [4.78, 5) is 10.8. The molecule has 0 aliphatic heterocycles. The van der Waals surface area contributed by atoms with Crippen LogP contribution in [0.2, 0.25) is 0 Å². The molecule has 0 spiro atoms. The van der Waals surface area contributed by atoms with Gasteiger partial charge in [-0.25, -0.2) is 4.79 Å². The first kappa shape index (κ1) is 10.2. The third-order valence-corrected chi connectivity index (χ3v) is 1.40. The number of hydrogen-bond donors (Lipinski definition) is 0. The molecule has 0 saturated carbocycles. The van der Waals surface area contributed by atoms with E-state index in [-0.39, 0.29) is 5.97 Å². The molecule has 0 atom stereocenters. The van der Waals surface area contributed by atoms with E-state index in [2.05, 4.69) is 6.58 Å². The molecule has 63 valence electrons. The van der Waals surface area contributed by atoms with Gasteiger partial charge in [-0.05, 0) is 13.3 Å². The Kier molecular flexibility index (Phi) is 4.59. The second kappa shape index (κ2) is 4.94. The first-order valence-electron chi connectivity index (χ1n) is 3.71. The van der Waals surface area contributed by atoms with Crippen LogP contribution in [0.15, 0.2) is 12.2 Å². The smallest absolute Gasteiger partial charge is 0.333 e. The Balaban J connectivity index is 3.54. The van der Waals surface area contributed by atoms with Gasteiger partial charge in [0.2, 0.25) is 0 Å². The maximum absolute atomic E-state index is 10.8. The lowest BCUT2D eigenvalue weighted by molar-refractivity contribution is -0.138. The molecule has 0 amide bonds. The van der Waals surface area contributed by atoms with Gasteiger partial charge in [-0.2, -0.15) is 0 Å². The highest BCUT2D eigenvalue weighted by molar-refractivity contribution is 5.86. The highest BCUT2D eigenvalue weighted by atomic mass is 16.5. The lowest BCUT2D eigenvalue weighted by Crippen LogP contribution is -2.10. The van der Waals surface area contributed by atoms with E-state index < -0.39 is 0 Å². The zero-order chi connectivity index (χ0) is 8.85. The summed E-state index contributed by atoms with van der Waals surface area (Å²) in [6.45, 7) is 9.53. The molecule has 0 heterocycles. The minimum absolute atomic E-state index is 0.308. The van der Waals surface area contributed by atoms with Crippen molar-refractivity contribution in [2.45, 2.75) is 27.2 Å². The summed E-state index contributed by atoms with van der Waals surface area (Å²) in [5.74, 6) is 0.859. The maximum atomic E-state index is 10.8. The van der Waals surface area contributed by atoms with E-state index in [4.69, 9.17) is 4.74 Å². The van der Waals surface area contributed by atoms with Gasteiger partial charge in [-0.15, -0.1) is 0 Å². The van der Waals surface area contributed by atoms with E-state index >= 15 is 0 Å². The summed E-state index contributed by atoms with van der Waals surface area (Å²) in [6.07, 6.45) is 0.948. The van der Waals surface area contributed by atoms with Crippen LogP contribution in [0.25, 0.3) is 0 Å². The standard InChI is InChI=1S/C9H15O2/c1-5-8(4)6-11-9(10)7(2)3/h2,5-6H2,1,3-4H3. The van der Waals surface area contributed by atoms with Crippen molar-refractivity contribution in [3.8, 4) is 0 Å². The fourth-order valence-corrected chi connectivity index (χ4v) is 0.414. The summed E-state index contributed by atoms with van der Waals surface area (Å²) < 4.78 is 4.88. The number of hydrogen-bond acceptors (Lipinski definition) is 2. The fourth-order valence-electron chi connectivity index (χ4n) is 0.414. The van der Waals surface area contributed by atoms with E-state index in [1.165, 1.54) is 5.92 Å². The van der Waals surface area contributed by atoms with E-state index in [0.717, 1.165) is 6.42 Å². The van der Waals surface area contributed by atoms with Gasteiger partial charge < -0.3 is 4.74 Å². The van der Waals surface area contributed by atoms with Crippen molar-refractivity contribution in [3.63, 3.8) is 0 Å². The number of ether oxygens (including phenoxy) is 1. The molecule has 0 aliphatic carbocycles. The molecule has 0 aliphatic rings. The summed E-state index contributed by atoms with van der Waals surface area (Å²) in [7, 11) is 0. The Morgan fingerprint density at radius 1 is 1.45 bits per heavy atom. The van der Waals surface area contributed by atoms with Crippen LogP contribution >= 0.6 is 0 Å². The molecule has 2 nitrogen and oxygen atoms in total. The molecule has 0 N–H and O–H groups in total. The van der Waals surface area contributed by atoms with Crippen LogP contribution in [0, 0.1) is 5.92 Å². The first-order chi connectivity index (χ1) is 5.07. The Labute approximate surface area is 68.2 Å². The fraction of sp³-hybridized carbons (Fsp3) is 0.556. The number of carbonyl (C=O) groups is 1. The average molecular weight is 155 g/mol. The van der Waals surface area contributed by atoms with E-state index in [9.17, 15) is 4.79 Å². The van der Waals surface area contributed by atoms with Gasteiger partial charge in [0.25, 0.3) is 0 Å². The van der Waals surface area contributed by atoms with Gasteiger partial charge in [0.05, 0.1) is 6.61 Å². The quantitative estimate of drug-likeness (QED) is 0.459. The van der Waals surface area contributed by atoms with Gasteiger partial charge in [0, 0.05) is 11.5 Å². The van der Waals surface area contributed by atoms with E-state index in [0.29, 0.717) is 12.2 Å². The molecule has 0 aromatic heterocycles. The van der Waals surface area contributed by atoms with Crippen LogP contribution in [0.3, 0.4) is 0 Å². The van der Waals surface area contributed by atoms with Crippen molar-refractivity contribution in [1.29, 1.82) is 0 Å². The maximum Gasteiger partial charge on any atom is 0.333 e. The molecule has 0 bridgehead atoms. The largest absolute Gasteiger partial charge is 0.462 e. The highest BCUT2D eigenvalue weighted by Crippen LogP contribution is 2.04. The van der Waals surface area contributed by atoms with Crippen LogP contribution in [0.1, 0.15) is 27.2 Å². The van der Waals surface area contributed by atoms with Crippen LogP contribution in [0.5, 0.6) is 0 Å². The normalized spacial score (nSPS) is 9.82. The second-order valence-electron chi connectivity index (χ2n) is 2.67. The Morgan fingerprint density at radius 3 is 2.36 bits per heavy atom. The molecular weight excluding hydrogens is 140 g/mol. The van der Waals surface area contributed by atoms with Crippen molar-refractivity contribution < 1.29 is 9.53 Å². The second-order valence-corrected chi connectivity index (χ2v) is 2.67. The predicted octanol–water partition coefficient (Wildman–Crippen LogP) is 2.11. The molecule has 11 heavy (non-hydrogen) atoms. The van der Waals surface area contributed by atoms with Crippen molar-refractivity contribution in [2.75, 3.05) is 6.61 Å². The van der Waals surface area contributed by atoms with Gasteiger partial charge in [-0.3, -0.25) is 0 Å². The zero-order valence-corrected chi connectivity index (χ0v) is 7.44. The Bertz CT molecular complexity index is 150. The first-order valence-corrected chi connectivity index (χ1v) is 3.71. The molecule has 0 unspecified atom stereocenters. The number of carbonyl (C=O) groups excluding carboxylic acids is 1. The molecular formula is C9H15O2. The Morgan fingerprint density at radius 2 is 2.00 bits per heavy atom. The molecule has 0 aromatic rings. The molecule has 0 rings (SSSR count). The minimum atomic E-state index is -0.308. The lowest BCUT2D eigenvalue weighted by atomic mass is 10.1. The third-order valence-electron chi connectivity index (χ3n) is 1.40. The van der Waals surface area contributed by atoms with Crippen molar-refractivity contribution in [1.82, 2.24) is 0 Å². The van der Waals surface area contributed by atoms with Gasteiger partial charge in [-0.1, -0.05) is 20.4 Å². The van der Waals surface area contributed by atoms with Crippen LogP contribution < -0.4 is 0 Å². The van der Waals surface area contributed by atoms with Crippen LogP contribution in [0.4, 0.5) is 0 Å².